The van der Waals surface area contributed by atoms with Crippen LogP contribution < -0.4 is 14.8 Å². The minimum atomic E-state index is 0.485. The Morgan fingerprint density at radius 2 is 1.78 bits per heavy atom. The van der Waals surface area contributed by atoms with Crippen LogP contribution in [-0.4, -0.2) is 20.3 Å². The number of benzene rings is 2. The van der Waals surface area contributed by atoms with Crippen LogP contribution in [0.5, 0.6) is 11.5 Å². The lowest BCUT2D eigenvalue weighted by Gasteiger charge is -2.16. The molecule has 2 rings (SSSR count). The summed E-state index contributed by atoms with van der Waals surface area (Å²) in [5.74, 6) is 2.14. The highest BCUT2D eigenvalue weighted by atomic mass is 16.5. The van der Waals surface area contributed by atoms with Crippen LogP contribution in [0, 0.1) is 5.92 Å². The third-order valence-corrected chi connectivity index (χ3v) is 3.59. The second-order valence-corrected chi connectivity index (χ2v) is 6.07. The van der Waals surface area contributed by atoms with E-state index in [9.17, 15) is 0 Å². The number of para-hydroxylation sites is 1. The molecule has 2 aromatic rings. The van der Waals surface area contributed by atoms with Crippen molar-refractivity contribution in [2.45, 2.75) is 26.8 Å². The van der Waals surface area contributed by atoms with Gasteiger partial charge in [0.15, 0.2) is 11.5 Å². The molecular formula is C20H27NO2. The molecule has 0 aliphatic rings. The fraction of sp³-hybridized carbons (Fsp3) is 0.400. The molecule has 0 unspecified atom stereocenters. The maximum atomic E-state index is 5.97. The van der Waals surface area contributed by atoms with E-state index < -0.39 is 0 Å². The van der Waals surface area contributed by atoms with Crippen molar-refractivity contribution in [1.82, 2.24) is 5.32 Å². The van der Waals surface area contributed by atoms with Crippen molar-refractivity contribution in [2.75, 3.05) is 20.3 Å². The fourth-order valence-corrected chi connectivity index (χ4v) is 2.38. The summed E-state index contributed by atoms with van der Waals surface area (Å²) in [5.41, 5.74) is 2.49. The van der Waals surface area contributed by atoms with Crippen molar-refractivity contribution in [1.29, 1.82) is 0 Å². The first-order chi connectivity index (χ1) is 11.2. The maximum absolute atomic E-state index is 5.97. The first-order valence-corrected chi connectivity index (χ1v) is 8.24. The van der Waals surface area contributed by atoms with E-state index in [1.807, 2.05) is 18.2 Å². The van der Waals surface area contributed by atoms with Crippen molar-refractivity contribution in [3.05, 3.63) is 59.7 Å². The number of ether oxygens (including phenoxy) is 2. The molecule has 2 aromatic carbocycles. The van der Waals surface area contributed by atoms with E-state index in [0.29, 0.717) is 12.5 Å². The van der Waals surface area contributed by atoms with E-state index in [1.54, 1.807) is 7.11 Å². The Morgan fingerprint density at radius 1 is 1.00 bits per heavy atom. The summed E-state index contributed by atoms with van der Waals surface area (Å²) >= 11 is 0. The van der Waals surface area contributed by atoms with E-state index in [0.717, 1.165) is 36.6 Å². The van der Waals surface area contributed by atoms with Gasteiger partial charge in [0.1, 0.15) is 0 Å². The molecule has 0 spiro atoms. The van der Waals surface area contributed by atoms with Crippen LogP contribution >= 0.6 is 0 Å². The highest BCUT2D eigenvalue weighted by Crippen LogP contribution is 2.31. The van der Waals surface area contributed by atoms with Gasteiger partial charge in [0.25, 0.3) is 0 Å². The molecule has 23 heavy (non-hydrogen) atoms. The number of nitrogens with one attached hydrogen (secondary N) is 1. The molecule has 0 saturated heterocycles. The normalized spacial score (nSPS) is 10.8. The summed E-state index contributed by atoms with van der Waals surface area (Å²) in [6, 6.07) is 16.6. The Morgan fingerprint density at radius 3 is 2.48 bits per heavy atom. The van der Waals surface area contributed by atoms with Crippen molar-refractivity contribution in [3.8, 4) is 11.5 Å². The van der Waals surface area contributed by atoms with Crippen LogP contribution in [0.3, 0.4) is 0 Å². The molecule has 124 valence electrons. The minimum absolute atomic E-state index is 0.485. The fourth-order valence-electron chi connectivity index (χ4n) is 2.38. The number of hydrogen-bond donors (Lipinski definition) is 1. The third-order valence-electron chi connectivity index (χ3n) is 3.59. The molecule has 0 aromatic heterocycles. The SMILES string of the molecule is COc1cccc(CNCCc2ccccc2)c1OCC(C)C. The van der Waals surface area contributed by atoms with E-state index >= 15 is 0 Å². The molecule has 0 saturated carbocycles. The van der Waals surface area contributed by atoms with Crippen LogP contribution in [0.2, 0.25) is 0 Å². The van der Waals surface area contributed by atoms with Gasteiger partial charge in [-0.2, -0.15) is 0 Å². The number of rotatable bonds is 9. The topological polar surface area (TPSA) is 30.5 Å². The predicted octanol–water partition coefficient (Wildman–Crippen LogP) is 4.06. The molecule has 0 radical (unpaired) electrons. The first kappa shape index (κ1) is 17.4. The molecule has 3 heteroatoms. The Bertz CT molecular complexity index is 581. The molecule has 0 heterocycles. The van der Waals surface area contributed by atoms with Gasteiger partial charge in [-0.05, 0) is 30.5 Å². The Hall–Kier alpha value is -2.00. The second kappa shape index (κ2) is 9.21. The molecule has 0 atom stereocenters. The van der Waals surface area contributed by atoms with Crippen molar-refractivity contribution in [3.63, 3.8) is 0 Å². The largest absolute Gasteiger partial charge is 0.493 e. The minimum Gasteiger partial charge on any atom is -0.493 e. The van der Waals surface area contributed by atoms with Gasteiger partial charge in [0.05, 0.1) is 13.7 Å². The molecular weight excluding hydrogens is 286 g/mol. The maximum Gasteiger partial charge on any atom is 0.165 e. The molecule has 0 aliphatic heterocycles. The van der Waals surface area contributed by atoms with Gasteiger partial charge in [-0.1, -0.05) is 56.3 Å². The summed E-state index contributed by atoms with van der Waals surface area (Å²) < 4.78 is 11.4. The van der Waals surface area contributed by atoms with Gasteiger partial charge in [-0.15, -0.1) is 0 Å². The number of methoxy groups -OCH3 is 1. The summed E-state index contributed by atoms with van der Waals surface area (Å²) in [7, 11) is 1.68. The van der Waals surface area contributed by atoms with E-state index in [4.69, 9.17) is 9.47 Å². The van der Waals surface area contributed by atoms with Gasteiger partial charge in [-0.3, -0.25) is 0 Å². The van der Waals surface area contributed by atoms with E-state index in [2.05, 4.69) is 49.5 Å². The monoisotopic (exact) mass is 313 g/mol. The Labute approximate surface area is 139 Å². The van der Waals surface area contributed by atoms with Gasteiger partial charge in [0, 0.05) is 12.1 Å². The zero-order valence-corrected chi connectivity index (χ0v) is 14.3. The molecule has 1 N–H and O–H groups in total. The lowest BCUT2D eigenvalue weighted by molar-refractivity contribution is 0.254. The third kappa shape index (κ3) is 5.61. The van der Waals surface area contributed by atoms with Gasteiger partial charge < -0.3 is 14.8 Å². The predicted molar refractivity (Wildman–Crippen MR) is 95.2 cm³/mol. The van der Waals surface area contributed by atoms with Crippen LogP contribution in [0.25, 0.3) is 0 Å². The van der Waals surface area contributed by atoms with Gasteiger partial charge >= 0.3 is 0 Å². The molecule has 3 nitrogen and oxygen atoms in total. The first-order valence-electron chi connectivity index (χ1n) is 8.24. The van der Waals surface area contributed by atoms with Gasteiger partial charge in [-0.25, -0.2) is 0 Å². The van der Waals surface area contributed by atoms with E-state index in [-0.39, 0.29) is 0 Å². The van der Waals surface area contributed by atoms with Crippen molar-refractivity contribution in [2.24, 2.45) is 5.92 Å². The molecule has 0 aliphatic carbocycles. The van der Waals surface area contributed by atoms with Gasteiger partial charge in [0.2, 0.25) is 0 Å². The lowest BCUT2D eigenvalue weighted by atomic mass is 10.1. The summed E-state index contributed by atoms with van der Waals surface area (Å²) in [4.78, 5) is 0. The zero-order valence-electron chi connectivity index (χ0n) is 14.3. The second-order valence-electron chi connectivity index (χ2n) is 6.07. The Kier molecular flexibility index (Phi) is 6.95. The summed E-state index contributed by atoms with van der Waals surface area (Å²) in [5, 5.41) is 3.49. The smallest absolute Gasteiger partial charge is 0.165 e. The van der Waals surface area contributed by atoms with Crippen LogP contribution in [0.1, 0.15) is 25.0 Å². The van der Waals surface area contributed by atoms with Crippen LogP contribution in [0.15, 0.2) is 48.5 Å². The zero-order chi connectivity index (χ0) is 16.5. The Balaban J connectivity index is 1.93. The average molecular weight is 313 g/mol. The summed E-state index contributed by atoms with van der Waals surface area (Å²) in [6.45, 7) is 6.69. The van der Waals surface area contributed by atoms with Crippen LogP contribution in [0.4, 0.5) is 0 Å². The van der Waals surface area contributed by atoms with Crippen LogP contribution in [-0.2, 0) is 13.0 Å². The average Bonchev–Trinajstić information content (AvgIpc) is 2.58. The highest BCUT2D eigenvalue weighted by molar-refractivity contribution is 5.46. The summed E-state index contributed by atoms with van der Waals surface area (Å²) in [6.07, 6.45) is 1.02. The van der Waals surface area contributed by atoms with E-state index in [1.165, 1.54) is 5.56 Å². The number of hydrogen-bond acceptors (Lipinski definition) is 3. The molecule has 0 bridgehead atoms. The molecule has 0 amide bonds. The quantitative estimate of drug-likeness (QED) is 0.708. The highest BCUT2D eigenvalue weighted by Gasteiger charge is 2.11. The van der Waals surface area contributed by atoms with Crippen molar-refractivity contribution < 1.29 is 9.47 Å². The lowest BCUT2D eigenvalue weighted by Crippen LogP contribution is -2.18. The molecule has 0 fully saturated rings. The standard InChI is InChI=1S/C20H27NO2/c1-16(2)15-23-20-18(10-7-11-19(20)22-3)14-21-13-12-17-8-5-4-6-9-17/h4-11,16,21H,12-15H2,1-3H3. The van der Waals surface area contributed by atoms with Crippen molar-refractivity contribution >= 4 is 0 Å².